The highest BCUT2D eigenvalue weighted by atomic mass is 35.5. The molecule has 0 radical (unpaired) electrons. The summed E-state index contributed by atoms with van der Waals surface area (Å²) in [6.07, 6.45) is 3.43. The fourth-order valence-corrected chi connectivity index (χ4v) is 4.01. The highest BCUT2D eigenvalue weighted by Crippen LogP contribution is 2.46. The normalized spacial score (nSPS) is 21.9. The minimum atomic E-state index is -3.63. The van der Waals surface area contributed by atoms with Crippen LogP contribution in [0.4, 0.5) is 0 Å². The van der Waals surface area contributed by atoms with E-state index < -0.39 is 10.0 Å². The summed E-state index contributed by atoms with van der Waals surface area (Å²) in [5.41, 5.74) is 2.47. The van der Waals surface area contributed by atoms with Gasteiger partial charge in [0.1, 0.15) is 0 Å². The van der Waals surface area contributed by atoms with Gasteiger partial charge in [0.2, 0.25) is 10.0 Å². The first kappa shape index (κ1) is 15.5. The van der Waals surface area contributed by atoms with Crippen molar-refractivity contribution < 1.29 is 8.42 Å². The second kappa shape index (κ2) is 6.03. The maximum absolute atomic E-state index is 11.3. The van der Waals surface area contributed by atoms with E-state index in [1.54, 1.807) is 12.1 Å². The molecule has 2 unspecified atom stereocenters. The van der Waals surface area contributed by atoms with Gasteiger partial charge in [-0.2, -0.15) is 0 Å². The second-order valence-corrected chi connectivity index (χ2v) is 7.81. The first-order chi connectivity index (χ1) is 10.4. The molecule has 3 nitrogen and oxygen atoms in total. The lowest BCUT2D eigenvalue weighted by Gasteiger charge is -2.21. The van der Waals surface area contributed by atoms with Crippen molar-refractivity contribution in [2.45, 2.75) is 36.0 Å². The van der Waals surface area contributed by atoms with Gasteiger partial charge in [-0.1, -0.05) is 42.3 Å². The van der Waals surface area contributed by atoms with Crippen LogP contribution in [0.2, 0.25) is 5.02 Å². The molecule has 22 heavy (non-hydrogen) atoms. The quantitative estimate of drug-likeness (QED) is 0.920. The van der Waals surface area contributed by atoms with Gasteiger partial charge < -0.3 is 0 Å². The van der Waals surface area contributed by atoms with Gasteiger partial charge in [-0.15, -0.1) is 0 Å². The van der Waals surface area contributed by atoms with Crippen molar-refractivity contribution in [3.63, 3.8) is 0 Å². The maximum atomic E-state index is 11.3. The molecule has 2 atom stereocenters. The lowest BCUT2D eigenvalue weighted by Crippen LogP contribution is -2.12. The standard InChI is InChI=1S/C17H18ClNO2S/c18-14-8-4-12(5-9-14)16-2-1-3-17(16)13-6-10-15(11-7-13)22(19,20)21/h4-11,16-17H,1-3H2,(H2,19,20,21). The summed E-state index contributed by atoms with van der Waals surface area (Å²) in [6, 6.07) is 15.0. The van der Waals surface area contributed by atoms with Gasteiger partial charge in [0.05, 0.1) is 4.90 Å². The average molecular weight is 336 g/mol. The number of benzene rings is 2. The topological polar surface area (TPSA) is 60.2 Å². The van der Waals surface area contributed by atoms with E-state index in [-0.39, 0.29) is 4.90 Å². The fraction of sp³-hybridized carbons (Fsp3) is 0.294. The maximum Gasteiger partial charge on any atom is 0.238 e. The van der Waals surface area contributed by atoms with Crippen molar-refractivity contribution in [2.24, 2.45) is 5.14 Å². The Bertz CT molecular complexity index is 754. The smallest absolute Gasteiger partial charge is 0.225 e. The van der Waals surface area contributed by atoms with Crippen molar-refractivity contribution >= 4 is 21.6 Å². The highest BCUT2D eigenvalue weighted by molar-refractivity contribution is 7.89. The molecule has 2 N–H and O–H groups in total. The van der Waals surface area contributed by atoms with Crippen LogP contribution in [0, 0.1) is 0 Å². The van der Waals surface area contributed by atoms with Crippen LogP contribution in [0.3, 0.4) is 0 Å². The molecule has 0 bridgehead atoms. The van der Waals surface area contributed by atoms with Crippen LogP contribution in [-0.2, 0) is 10.0 Å². The van der Waals surface area contributed by atoms with Gasteiger partial charge in [0.25, 0.3) is 0 Å². The van der Waals surface area contributed by atoms with Crippen molar-refractivity contribution in [3.8, 4) is 0 Å². The van der Waals surface area contributed by atoms with E-state index >= 15 is 0 Å². The number of hydrogen-bond acceptors (Lipinski definition) is 2. The van der Waals surface area contributed by atoms with E-state index in [2.05, 4.69) is 12.1 Å². The Balaban J connectivity index is 1.88. The largest absolute Gasteiger partial charge is 0.238 e. The molecule has 2 aromatic rings. The van der Waals surface area contributed by atoms with Crippen molar-refractivity contribution in [1.29, 1.82) is 0 Å². The van der Waals surface area contributed by atoms with Gasteiger partial charge in [0.15, 0.2) is 0 Å². The monoisotopic (exact) mass is 335 g/mol. The van der Waals surface area contributed by atoms with Crippen LogP contribution in [0.15, 0.2) is 53.4 Å². The molecule has 0 saturated heterocycles. The number of halogens is 1. The summed E-state index contributed by atoms with van der Waals surface area (Å²) in [5, 5.41) is 5.90. The predicted molar refractivity (Wildman–Crippen MR) is 88.6 cm³/mol. The van der Waals surface area contributed by atoms with Crippen LogP contribution in [0.1, 0.15) is 42.2 Å². The van der Waals surface area contributed by atoms with E-state index in [1.807, 2.05) is 24.3 Å². The minimum absolute atomic E-state index is 0.164. The van der Waals surface area contributed by atoms with Crippen LogP contribution in [-0.4, -0.2) is 8.42 Å². The van der Waals surface area contributed by atoms with E-state index in [4.69, 9.17) is 16.7 Å². The third-order valence-corrected chi connectivity index (χ3v) is 5.63. The third kappa shape index (κ3) is 3.19. The molecule has 1 aliphatic rings. The summed E-state index contributed by atoms with van der Waals surface area (Å²) in [5.74, 6) is 0.869. The Morgan fingerprint density at radius 1 is 0.864 bits per heavy atom. The molecule has 2 aromatic carbocycles. The number of hydrogen-bond donors (Lipinski definition) is 1. The van der Waals surface area contributed by atoms with Crippen molar-refractivity contribution in [3.05, 3.63) is 64.7 Å². The zero-order valence-electron chi connectivity index (χ0n) is 12.1. The number of nitrogens with two attached hydrogens (primary N) is 1. The van der Waals surface area contributed by atoms with Gasteiger partial charge in [-0.05, 0) is 60.1 Å². The summed E-state index contributed by atoms with van der Waals surface area (Å²) in [6.45, 7) is 0. The van der Waals surface area contributed by atoms with Crippen molar-refractivity contribution in [2.75, 3.05) is 0 Å². The zero-order chi connectivity index (χ0) is 15.7. The molecule has 0 amide bonds. The van der Waals surface area contributed by atoms with E-state index in [0.29, 0.717) is 11.8 Å². The summed E-state index contributed by atoms with van der Waals surface area (Å²) < 4.78 is 22.7. The lowest BCUT2D eigenvalue weighted by molar-refractivity contribution is 0.597. The molecule has 0 aliphatic heterocycles. The Labute approximate surface area is 136 Å². The average Bonchev–Trinajstić information content (AvgIpc) is 2.97. The molecule has 3 rings (SSSR count). The van der Waals surface area contributed by atoms with Crippen LogP contribution in [0.5, 0.6) is 0 Å². The van der Waals surface area contributed by atoms with Crippen LogP contribution < -0.4 is 5.14 Å². The summed E-state index contributed by atoms with van der Waals surface area (Å²) in [7, 11) is -3.63. The molecular weight excluding hydrogens is 318 g/mol. The first-order valence-electron chi connectivity index (χ1n) is 7.33. The first-order valence-corrected chi connectivity index (χ1v) is 9.26. The lowest BCUT2D eigenvalue weighted by atomic mass is 9.84. The predicted octanol–water partition coefficient (Wildman–Crippen LogP) is 4.04. The van der Waals surface area contributed by atoms with Crippen LogP contribution >= 0.6 is 11.6 Å². The van der Waals surface area contributed by atoms with E-state index in [1.165, 1.54) is 17.5 Å². The van der Waals surface area contributed by atoms with Gasteiger partial charge in [0, 0.05) is 5.02 Å². The third-order valence-electron chi connectivity index (χ3n) is 4.45. The second-order valence-electron chi connectivity index (χ2n) is 5.81. The highest BCUT2D eigenvalue weighted by Gasteiger charge is 2.29. The Morgan fingerprint density at radius 3 is 1.77 bits per heavy atom. The molecule has 1 aliphatic carbocycles. The van der Waals surface area contributed by atoms with Crippen molar-refractivity contribution in [1.82, 2.24) is 0 Å². The molecule has 1 fully saturated rings. The van der Waals surface area contributed by atoms with E-state index in [0.717, 1.165) is 17.9 Å². The SMILES string of the molecule is NS(=O)(=O)c1ccc(C2CCCC2c2ccc(Cl)cc2)cc1. The van der Waals surface area contributed by atoms with E-state index in [9.17, 15) is 8.42 Å². The fourth-order valence-electron chi connectivity index (χ4n) is 3.37. The number of rotatable bonds is 3. The Morgan fingerprint density at radius 2 is 1.32 bits per heavy atom. The number of primary sulfonamides is 1. The molecule has 5 heteroatoms. The van der Waals surface area contributed by atoms with Gasteiger partial charge >= 0.3 is 0 Å². The molecule has 0 heterocycles. The molecule has 0 aromatic heterocycles. The van der Waals surface area contributed by atoms with Gasteiger partial charge in [-0.3, -0.25) is 0 Å². The van der Waals surface area contributed by atoms with Gasteiger partial charge in [-0.25, -0.2) is 13.6 Å². The number of sulfonamides is 1. The Kier molecular flexibility index (Phi) is 4.26. The minimum Gasteiger partial charge on any atom is -0.225 e. The molecule has 0 spiro atoms. The molecule has 1 saturated carbocycles. The molecular formula is C17H18ClNO2S. The zero-order valence-corrected chi connectivity index (χ0v) is 13.6. The van der Waals surface area contributed by atoms with Crippen LogP contribution in [0.25, 0.3) is 0 Å². The summed E-state index contributed by atoms with van der Waals surface area (Å²) in [4.78, 5) is 0.164. The molecule has 116 valence electrons. The summed E-state index contributed by atoms with van der Waals surface area (Å²) >= 11 is 5.96. The Hall–Kier alpha value is -1.36.